The lowest BCUT2D eigenvalue weighted by molar-refractivity contribution is -0.186. The molecule has 1 aromatic carbocycles. The first-order valence-electron chi connectivity index (χ1n) is 9.02. The fourth-order valence-corrected chi connectivity index (χ4v) is 3.45. The van der Waals surface area contributed by atoms with Gasteiger partial charge >= 0.3 is 0 Å². The second kappa shape index (κ2) is 8.38. The van der Waals surface area contributed by atoms with Gasteiger partial charge in [-0.3, -0.25) is 4.79 Å². The van der Waals surface area contributed by atoms with Crippen LogP contribution in [-0.2, 0) is 27.2 Å². The molecule has 1 amide bonds. The van der Waals surface area contributed by atoms with Crippen LogP contribution in [0.1, 0.15) is 30.9 Å². The van der Waals surface area contributed by atoms with Gasteiger partial charge in [0.1, 0.15) is 5.75 Å². The molecule has 0 bridgehead atoms. The third kappa shape index (κ3) is 3.61. The van der Waals surface area contributed by atoms with Gasteiger partial charge in [-0.25, -0.2) is 0 Å². The van der Waals surface area contributed by atoms with Gasteiger partial charge in [0.15, 0.2) is 6.29 Å². The molecule has 6 nitrogen and oxygen atoms in total. The molecule has 0 spiro atoms. The Hall–Kier alpha value is -2.31. The van der Waals surface area contributed by atoms with Crippen LogP contribution in [0.15, 0.2) is 30.9 Å². The van der Waals surface area contributed by atoms with Crippen LogP contribution in [0.2, 0.25) is 0 Å². The average molecular weight is 358 g/mol. The van der Waals surface area contributed by atoms with E-state index in [1.54, 1.807) is 7.11 Å². The summed E-state index contributed by atoms with van der Waals surface area (Å²) in [6, 6.07) is 6.07. The second-order valence-electron chi connectivity index (χ2n) is 6.16. The number of carbonyl (C=O) groups excluding carboxylic acids is 1. The highest BCUT2D eigenvalue weighted by Crippen LogP contribution is 2.36. The summed E-state index contributed by atoms with van der Waals surface area (Å²) in [5, 5.41) is 3.96. The number of methoxy groups -OCH3 is 1. The fourth-order valence-electron chi connectivity index (χ4n) is 3.45. The molecule has 0 atom stereocenters. The minimum Gasteiger partial charge on any atom is -0.497 e. The third-order valence-corrected chi connectivity index (χ3v) is 4.65. The normalized spacial score (nSPS) is 15.2. The molecule has 3 rings (SSSR count). The number of amides is 1. The van der Waals surface area contributed by atoms with Crippen LogP contribution in [0.4, 0.5) is 0 Å². The first-order valence-corrected chi connectivity index (χ1v) is 9.02. The van der Waals surface area contributed by atoms with Crippen molar-refractivity contribution in [2.45, 2.75) is 32.6 Å². The van der Waals surface area contributed by atoms with E-state index in [0.717, 1.165) is 40.9 Å². The van der Waals surface area contributed by atoms with Gasteiger partial charge in [-0.2, -0.15) is 0 Å². The maximum atomic E-state index is 11.5. The molecular formula is C20H26N2O4. The van der Waals surface area contributed by atoms with Crippen LogP contribution in [0.25, 0.3) is 10.9 Å². The highest BCUT2D eigenvalue weighted by atomic mass is 16.7. The molecule has 1 fully saturated rings. The molecule has 1 aliphatic rings. The molecule has 26 heavy (non-hydrogen) atoms. The zero-order valence-electron chi connectivity index (χ0n) is 15.4. The van der Waals surface area contributed by atoms with Gasteiger partial charge in [-0.1, -0.05) is 6.58 Å². The van der Waals surface area contributed by atoms with Gasteiger partial charge in [-0.05, 0) is 49.6 Å². The van der Waals surface area contributed by atoms with Crippen LogP contribution in [0.5, 0.6) is 5.75 Å². The van der Waals surface area contributed by atoms with E-state index in [0.29, 0.717) is 26.2 Å². The molecule has 0 aliphatic carbocycles. The number of benzene rings is 1. The minimum atomic E-state index is -0.382. The van der Waals surface area contributed by atoms with Crippen LogP contribution in [0.3, 0.4) is 0 Å². The van der Waals surface area contributed by atoms with Crippen molar-refractivity contribution < 1.29 is 19.0 Å². The highest BCUT2D eigenvalue weighted by molar-refractivity contribution is 5.88. The van der Waals surface area contributed by atoms with Crippen LogP contribution >= 0.6 is 0 Å². The number of ether oxygens (including phenoxy) is 3. The molecule has 0 radical (unpaired) electrons. The van der Waals surface area contributed by atoms with E-state index in [-0.39, 0.29) is 12.2 Å². The Morgan fingerprint density at radius 3 is 2.85 bits per heavy atom. The van der Waals surface area contributed by atoms with E-state index in [1.165, 1.54) is 6.08 Å². The average Bonchev–Trinajstić information content (AvgIpc) is 3.01. The monoisotopic (exact) mass is 358 g/mol. The number of nitrogens with zero attached hydrogens (tertiary/aromatic N) is 1. The molecule has 1 aliphatic heterocycles. The Morgan fingerprint density at radius 2 is 2.19 bits per heavy atom. The maximum Gasteiger partial charge on any atom is 0.243 e. The van der Waals surface area contributed by atoms with Crippen molar-refractivity contribution in [3.63, 3.8) is 0 Å². The molecule has 0 unspecified atom stereocenters. The van der Waals surface area contributed by atoms with Gasteiger partial charge in [-0.15, -0.1) is 0 Å². The van der Waals surface area contributed by atoms with E-state index >= 15 is 0 Å². The standard InChI is InChI=1S/C20H26N2O4/c1-4-18(23)21-10-9-15-16-13-14(24-3)7-8-17(16)22(5-2)19(15)20-25-11-6-12-26-20/h4,7-8,13,20H,1,5-6,9-12H2,2-3H3,(H,21,23). The quantitative estimate of drug-likeness (QED) is 0.773. The van der Waals surface area contributed by atoms with E-state index in [9.17, 15) is 4.79 Å². The number of aryl methyl sites for hydroxylation is 1. The van der Waals surface area contributed by atoms with Crippen molar-refractivity contribution in [1.29, 1.82) is 0 Å². The SMILES string of the molecule is C=CC(=O)NCCc1c(C2OCCCO2)n(CC)c2ccc(OC)cc12. The Morgan fingerprint density at radius 1 is 1.42 bits per heavy atom. The number of nitrogens with one attached hydrogen (secondary N) is 1. The summed E-state index contributed by atoms with van der Waals surface area (Å²) in [4.78, 5) is 11.5. The van der Waals surface area contributed by atoms with Gasteiger partial charge < -0.3 is 24.1 Å². The van der Waals surface area contributed by atoms with E-state index in [2.05, 4.69) is 29.5 Å². The summed E-state index contributed by atoms with van der Waals surface area (Å²) in [5.41, 5.74) is 3.27. The van der Waals surface area contributed by atoms with Crippen molar-refractivity contribution >= 4 is 16.8 Å². The summed E-state index contributed by atoms with van der Waals surface area (Å²) in [6.45, 7) is 8.30. The number of hydrogen-bond donors (Lipinski definition) is 1. The van der Waals surface area contributed by atoms with Gasteiger partial charge in [0.05, 0.1) is 26.0 Å². The molecule has 1 N–H and O–H groups in total. The molecule has 1 saturated heterocycles. The van der Waals surface area contributed by atoms with Crippen LogP contribution in [0, 0.1) is 0 Å². The minimum absolute atomic E-state index is 0.173. The van der Waals surface area contributed by atoms with Crippen molar-refractivity contribution in [1.82, 2.24) is 9.88 Å². The Labute approximate surface area is 153 Å². The largest absolute Gasteiger partial charge is 0.497 e. The van der Waals surface area contributed by atoms with E-state index in [4.69, 9.17) is 14.2 Å². The van der Waals surface area contributed by atoms with Gasteiger partial charge in [0.25, 0.3) is 0 Å². The van der Waals surface area contributed by atoms with Crippen molar-refractivity contribution in [3.8, 4) is 5.75 Å². The smallest absolute Gasteiger partial charge is 0.243 e. The number of rotatable bonds is 7. The van der Waals surface area contributed by atoms with E-state index < -0.39 is 0 Å². The molecule has 140 valence electrons. The molecule has 0 saturated carbocycles. The maximum absolute atomic E-state index is 11.5. The van der Waals surface area contributed by atoms with Gasteiger partial charge in [0, 0.05) is 24.0 Å². The second-order valence-corrected chi connectivity index (χ2v) is 6.16. The van der Waals surface area contributed by atoms with E-state index in [1.807, 2.05) is 12.1 Å². The molecule has 2 heterocycles. The lowest BCUT2D eigenvalue weighted by atomic mass is 10.1. The fraction of sp³-hybridized carbons (Fsp3) is 0.450. The molecular weight excluding hydrogens is 332 g/mol. The predicted octanol–water partition coefficient (Wildman–Crippen LogP) is 2.95. The summed E-state index contributed by atoms with van der Waals surface area (Å²) in [6.07, 6.45) is 2.48. The van der Waals surface area contributed by atoms with Crippen molar-refractivity contribution in [2.24, 2.45) is 0 Å². The zero-order valence-corrected chi connectivity index (χ0v) is 15.4. The third-order valence-electron chi connectivity index (χ3n) is 4.65. The first kappa shape index (κ1) is 18.5. The Balaban J connectivity index is 2.06. The lowest BCUT2D eigenvalue weighted by Gasteiger charge is -2.26. The van der Waals surface area contributed by atoms with Crippen LogP contribution in [-0.4, -0.2) is 37.3 Å². The topological polar surface area (TPSA) is 61.7 Å². The first-order chi connectivity index (χ1) is 12.7. The predicted molar refractivity (Wildman–Crippen MR) is 100 cm³/mol. The summed E-state index contributed by atoms with van der Waals surface area (Å²) in [7, 11) is 1.66. The molecule has 1 aromatic heterocycles. The highest BCUT2D eigenvalue weighted by Gasteiger charge is 2.27. The van der Waals surface area contributed by atoms with Gasteiger partial charge in [0.2, 0.25) is 5.91 Å². The van der Waals surface area contributed by atoms with Crippen molar-refractivity contribution in [2.75, 3.05) is 26.9 Å². The number of fused-ring (bicyclic) bond motifs is 1. The Kier molecular flexibility index (Phi) is 5.96. The summed E-state index contributed by atoms with van der Waals surface area (Å²) < 4.78 is 19.5. The summed E-state index contributed by atoms with van der Waals surface area (Å²) in [5.74, 6) is 0.632. The van der Waals surface area contributed by atoms with Crippen molar-refractivity contribution in [3.05, 3.63) is 42.1 Å². The number of carbonyl (C=O) groups is 1. The zero-order chi connectivity index (χ0) is 18.5. The Bertz CT molecular complexity index is 791. The number of hydrogen-bond acceptors (Lipinski definition) is 4. The summed E-state index contributed by atoms with van der Waals surface area (Å²) >= 11 is 0. The van der Waals surface area contributed by atoms with Crippen LogP contribution < -0.4 is 10.1 Å². The number of aromatic nitrogens is 1. The lowest BCUT2D eigenvalue weighted by Crippen LogP contribution is -2.25. The molecule has 2 aromatic rings. The molecule has 6 heteroatoms.